The molecule has 3 aromatic rings. The van der Waals surface area contributed by atoms with Crippen molar-refractivity contribution in [1.82, 2.24) is 10.3 Å². The number of anilines is 2. The molecule has 2 heterocycles. The minimum Gasteiger partial charge on any atom is -0.463 e. The number of benzene rings is 2. The molecule has 40 heavy (non-hydrogen) atoms. The highest BCUT2D eigenvalue weighted by Gasteiger charge is 2.39. The topological polar surface area (TPSA) is 150 Å². The average molecular weight is 583 g/mol. The van der Waals surface area contributed by atoms with E-state index in [1.54, 1.807) is 39.8 Å². The van der Waals surface area contributed by atoms with Crippen molar-refractivity contribution in [2.24, 2.45) is 5.14 Å². The lowest BCUT2D eigenvalue weighted by molar-refractivity contribution is -0.139. The number of rotatable bonds is 9. The third-order valence-corrected chi connectivity index (χ3v) is 7.93. The molecule has 0 bridgehead atoms. The van der Waals surface area contributed by atoms with Gasteiger partial charge in [-0.2, -0.15) is 0 Å². The van der Waals surface area contributed by atoms with E-state index in [4.69, 9.17) is 14.6 Å². The SMILES string of the molecule is CCOC(=O)C1=C(C)NC(C)=C(C(=O)OCC)C1c1ccccc1Nc1nc(-c2ccc(S(N)(=O)=O)cc2)cs1. The summed E-state index contributed by atoms with van der Waals surface area (Å²) < 4.78 is 33.9. The fourth-order valence-corrected chi connectivity index (χ4v) is 5.77. The van der Waals surface area contributed by atoms with Gasteiger partial charge in [0.05, 0.1) is 40.9 Å². The molecule has 0 saturated heterocycles. The van der Waals surface area contributed by atoms with Gasteiger partial charge in [-0.3, -0.25) is 0 Å². The summed E-state index contributed by atoms with van der Waals surface area (Å²) in [6.07, 6.45) is 0. The minimum atomic E-state index is -3.80. The maximum Gasteiger partial charge on any atom is 0.336 e. The number of esters is 2. The van der Waals surface area contributed by atoms with Gasteiger partial charge in [0.15, 0.2) is 5.13 Å². The van der Waals surface area contributed by atoms with Gasteiger partial charge < -0.3 is 20.1 Å². The van der Waals surface area contributed by atoms with Crippen LogP contribution in [0.4, 0.5) is 10.8 Å². The Morgan fingerprint density at radius 3 is 2.10 bits per heavy atom. The standard InChI is InChI=1S/C28H30N4O6S2/c1-5-37-26(33)23-16(3)30-17(4)24(27(34)38-6-2)25(23)20-9-7-8-10-21(20)31-28-32-22(15-39-28)18-11-13-19(14-12-18)40(29,35)36/h7-15,25,30H,5-6H2,1-4H3,(H,31,32)(H2,29,35,36). The first-order chi connectivity index (χ1) is 19.0. The fraction of sp³-hybridized carbons (Fsp3) is 0.250. The molecular formula is C28H30N4O6S2. The summed E-state index contributed by atoms with van der Waals surface area (Å²) in [6.45, 7) is 7.36. The number of primary sulfonamides is 1. The van der Waals surface area contributed by atoms with Gasteiger partial charge in [-0.15, -0.1) is 11.3 Å². The lowest BCUT2D eigenvalue weighted by atomic mass is 9.79. The second-order valence-electron chi connectivity index (χ2n) is 8.90. The van der Waals surface area contributed by atoms with Crippen LogP contribution in [0.15, 0.2) is 81.3 Å². The molecular weight excluding hydrogens is 552 g/mol. The van der Waals surface area contributed by atoms with Crippen molar-refractivity contribution in [3.05, 3.63) is 82.0 Å². The first-order valence-electron chi connectivity index (χ1n) is 12.5. The largest absolute Gasteiger partial charge is 0.463 e. The minimum absolute atomic E-state index is 0.0160. The van der Waals surface area contributed by atoms with Crippen molar-refractivity contribution in [1.29, 1.82) is 0 Å². The molecule has 4 rings (SSSR count). The number of hydrogen-bond donors (Lipinski definition) is 3. The molecule has 0 saturated carbocycles. The van der Waals surface area contributed by atoms with Gasteiger partial charge in [0, 0.05) is 28.0 Å². The number of nitrogens with two attached hydrogens (primary N) is 1. The molecule has 2 aromatic carbocycles. The van der Waals surface area contributed by atoms with E-state index in [2.05, 4.69) is 15.6 Å². The molecule has 0 fully saturated rings. The van der Waals surface area contributed by atoms with E-state index in [0.29, 0.717) is 44.6 Å². The fourth-order valence-electron chi connectivity index (χ4n) is 4.52. The normalized spacial score (nSPS) is 14.1. The molecule has 1 aliphatic rings. The van der Waals surface area contributed by atoms with E-state index >= 15 is 0 Å². The van der Waals surface area contributed by atoms with Crippen molar-refractivity contribution in [2.75, 3.05) is 18.5 Å². The number of thiazole rings is 1. The van der Waals surface area contributed by atoms with E-state index in [1.807, 2.05) is 29.6 Å². The molecule has 210 valence electrons. The zero-order valence-electron chi connectivity index (χ0n) is 22.5. The van der Waals surface area contributed by atoms with Crippen LogP contribution in [-0.4, -0.2) is 38.6 Å². The lowest BCUT2D eigenvalue weighted by Gasteiger charge is -2.31. The van der Waals surface area contributed by atoms with Gasteiger partial charge >= 0.3 is 11.9 Å². The van der Waals surface area contributed by atoms with Gasteiger partial charge in [0.1, 0.15) is 0 Å². The zero-order chi connectivity index (χ0) is 29.0. The number of carbonyl (C=O) groups is 2. The molecule has 0 amide bonds. The molecule has 0 unspecified atom stereocenters. The van der Waals surface area contributed by atoms with E-state index in [1.165, 1.54) is 23.5 Å². The van der Waals surface area contributed by atoms with Gasteiger partial charge in [-0.05, 0) is 51.5 Å². The van der Waals surface area contributed by atoms with Crippen LogP contribution in [-0.2, 0) is 29.1 Å². The maximum atomic E-state index is 13.2. The number of allylic oxidation sites excluding steroid dienone is 2. The van der Waals surface area contributed by atoms with Gasteiger partial charge in [-0.25, -0.2) is 28.1 Å². The summed E-state index contributed by atoms with van der Waals surface area (Å²) in [7, 11) is -3.80. The number of nitrogens with zero attached hydrogens (tertiary/aromatic N) is 1. The Bertz CT molecular complexity index is 1570. The summed E-state index contributed by atoms with van der Waals surface area (Å²) >= 11 is 1.35. The van der Waals surface area contributed by atoms with Crippen LogP contribution in [0.25, 0.3) is 11.3 Å². The quantitative estimate of drug-likeness (QED) is 0.309. The van der Waals surface area contributed by atoms with Crippen molar-refractivity contribution in [3.8, 4) is 11.3 Å². The van der Waals surface area contributed by atoms with Crippen LogP contribution in [0.3, 0.4) is 0 Å². The summed E-state index contributed by atoms with van der Waals surface area (Å²) in [5.74, 6) is -1.81. The summed E-state index contributed by atoms with van der Waals surface area (Å²) in [5, 5.41) is 14.1. The highest BCUT2D eigenvalue weighted by Crippen LogP contribution is 2.43. The molecule has 12 heteroatoms. The van der Waals surface area contributed by atoms with Crippen LogP contribution in [0, 0.1) is 0 Å². The summed E-state index contributed by atoms with van der Waals surface area (Å²) in [5.41, 5.74) is 4.48. The average Bonchev–Trinajstić information content (AvgIpc) is 3.37. The Kier molecular flexibility index (Phi) is 8.72. The monoisotopic (exact) mass is 582 g/mol. The number of aromatic nitrogens is 1. The second kappa shape index (κ2) is 12.0. The predicted molar refractivity (Wildman–Crippen MR) is 153 cm³/mol. The molecule has 10 nitrogen and oxygen atoms in total. The van der Waals surface area contributed by atoms with Crippen molar-refractivity contribution < 1.29 is 27.5 Å². The van der Waals surface area contributed by atoms with Gasteiger partial charge in [-0.1, -0.05) is 30.3 Å². The van der Waals surface area contributed by atoms with Crippen molar-refractivity contribution >= 4 is 44.1 Å². The van der Waals surface area contributed by atoms with E-state index in [0.717, 1.165) is 5.56 Å². The van der Waals surface area contributed by atoms with Gasteiger partial charge in [0.25, 0.3) is 0 Å². The molecule has 4 N–H and O–H groups in total. The number of dihydropyridines is 1. The predicted octanol–water partition coefficient (Wildman–Crippen LogP) is 4.56. The molecule has 0 spiro atoms. The van der Waals surface area contributed by atoms with Crippen molar-refractivity contribution in [3.63, 3.8) is 0 Å². The maximum absolute atomic E-state index is 13.2. The molecule has 0 radical (unpaired) electrons. The van der Waals surface area contributed by atoms with E-state index < -0.39 is 27.9 Å². The van der Waals surface area contributed by atoms with Crippen LogP contribution in [0.5, 0.6) is 0 Å². The highest BCUT2D eigenvalue weighted by atomic mass is 32.2. The van der Waals surface area contributed by atoms with Gasteiger partial charge in [0.2, 0.25) is 10.0 Å². The molecule has 1 aromatic heterocycles. The molecule has 0 atom stereocenters. The summed E-state index contributed by atoms with van der Waals surface area (Å²) in [6, 6.07) is 13.5. The number of nitrogens with one attached hydrogen (secondary N) is 2. The van der Waals surface area contributed by atoms with Crippen molar-refractivity contribution in [2.45, 2.75) is 38.5 Å². The smallest absolute Gasteiger partial charge is 0.336 e. The van der Waals surface area contributed by atoms with E-state index in [-0.39, 0.29) is 18.1 Å². The van der Waals surface area contributed by atoms with Crippen LogP contribution in [0.2, 0.25) is 0 Å². The second-order valence-corrected chi connectivity index (χ2v) is 11.3. The number of sulfonamides is 1. The highest BCUT2D eigenvalue weighted by molar-refractivity contribution is 7.89. The number of hydrogen-bond acceptors (Lipinski definition) is 10. The first-order valence-corrected chi connectivity index (χ1v) is 14.9. The van der Waals surface area contributed by atoms with Crippen LogP contribution in [0.1, 0.15) is 39.2 Å². The van der Waals surface area contributed by atoms with Crippen LogP contribution < -0.4 is 15.8 Å². The first kappa shape index (κ1) is 29.0. The Balaban J connectivity index is 1.74. The Labute approximate surface area is 237 Å². The third-order valence-electron chi connectivity index (χ3n) is 6.25. The molecule has 1 aliphatic heterocycles. The van der Waals surface area contributed by atoms with Crippen LogP contribution >= 0.6 is 11.3 Å². The Hall–Kier alpha value is -4.00. The number of para-hydroxylation sites is 1. The number of ether oxygens (including phenoxy) is 2. The van der Waals surface area contributed by atoms with E-state index in [9.17, 15) is 18.0 Å². The summed E-state index contributed by atoms with van der Waals surface area (Å²) in [4.78, 5) is 31.0. The Morgan fingerprint density at radius 2 is 1.55 bits per heavy atom. The molecule has 0 aliphatic carbocycles. The third kappa shape index (κ3) is 6.09. The Morgan fingerprint density at radius 1 is 0.975 bits per heavy atom. The lowest BCUT2D eigenvalue weighted by Crippen LogP contribution is -2.32. The zero-order valence-corrected chi connectivity index (χ0v) is 24.1. The number of carbonyl (C=O) groups excluding carboxylic acids is 2.